The molecule has 0 heterocycles. The number of hydrogen-bond donors (Lipinski definition) is 1. The second-order valence-corrected chi connectivity index (χ2v) is 12.0. The van der Waals surface area contributed by atoms with E-state index in [2.05, 4.69) is 4.72 Å². The Morgan fingerprint density at radius 3 is 1.82 bits per heavy atom. The molecule has 0 aliphatic rings. The second kappa shape index (κ2) is 9.26. The van der Waals surface area contributed by atoms with Crippen LogP contribution in [0.2, 0.25) is 0 Å². The average molecular weight is 478 g/mol. The van der Waals surface area contributed by atoms with Crippen molar-refractivity contribution in [2.45, 2.75) is 11.8 Å². The number of rotatable bonds is 7. The molecule has 0 spiro atoms. The minimum absolute atomic E-state index is 0.153. The molecule has 0 amide bonds. The predicted octanol–water partition coefficient (Wildman–Crippen LogP) is 4.44. The van der Waals surface area contributed by atoms with Gasteiger partial charge in [0, 0.05) is 16.3 Å². The van der Waals surface area contributed by atoms with E-state index < -0.39 is 17.2 Å². The molecule has 0 aliphatic heterocycles. The van der Waals surface area contributed by atoms with Crippen molar-refractivity contribution >= 4 is 38.8 Å². The molecule has 5 nitrogen and oxygen atoms in total. The minimum atomic E-state index is -3.82. The highest BCUT2D eigenvalue weighted by Crippen LogP contribution is 2.45. The van der Waals surface area contributed by atoms with Crippen LogP contribution in [-0.2, 0) is 14.6 Å². The Bertz CT molecular complexity index is 1360. The monoisotopic (exact) mass is 477 g/mol. The maximum atomic E-state index is 14.8. The highest BCUT2D eigenvalue weighted by molar-refractivity contribution is 7.92. The largest absolute Gasteiger partial charge is 0.496 e. The Morgan fingerprint density at radius 1 is 0.758 bits per heavy atom. The van der Waals surface area contributed by atoms with Crippen LogP contribution in [0.3, 0.4) is 0 Å². The number of aryl methyl sites for hydroxylation is 1. The molecule has 33 heavy (non-hydrogen) atoms. The molecule has 0 aliphatic carbocycles. The van der Waals surface area contributed by atoms with Gasteiger partial charge in [-0.1, -0.05) is 78.4 Å². The van der Waals surface area contributed by atoms with Crippen LogP contribution >= 0.6 is 7.14 Å². The van der Waals surface area contributed by atoms with Crippen molar-refractivity contribution in [3.05, 3.63) is 109 Å². The first-order valence-corrected chi connectivity index (χ1v) is 13.5. The van der Waals surface area contributed by atoms with Gasteiger partial charge in [0.05, 0.1) is 17.3 Å². The summed E-state index contributed by atoms with van der Waals surface area (Å²) in [6, 6.07) is 29.8. The molecular formula is C26H24NO4PS. The number of anilines is 1. The van der Waals surface area contributed by atoms with Crippen molar-refractivity contribution < 1.29 is 17.7 Å². The van der Waals surface area contributed by atoms with Crippen LogP contribution in [0.4, 0.5) is 5.69 Å². The predicted molar refractivity (Wildman–Crippen MR) is 134 cm³/mol. The van der Waals surface area contributed by atoms with E-state index in [1.165, 1.54) is 7.11 Å². The molecule has 4 aromatic carbocycles. The molecule has 0 saturated heterocycles. The Hall–Kier alpha value is -3.34. The maximum Gasteiger partial charge on any atom is 0.261 e. The van der Waals surface area contributed by atoms with Gasteiger partial charge in [0.25, 0.3) is 10.0 Å². The van der Waals surface area contributed by atoms with Crippen molar-refractivity contribution in [2.24, 2.45) is 0 Å². The summed E-state index contributed by atoms with van der Waals surface area (Å²) in [7, 11) is -5.67. The van der Waals surface area contributed by atoms with Crippen LogP contribution in [0.5, 0.6) is 5.75 Å². The number of benzene rings is 4. The van der Waals surface area contributed by atoms with Crippen molar-refractivity contribution in [2.75, 3.05) is 11.8 Å². The number of methoxy groups -OCH3 is 1. The van der Waals surface area contributed by atoms with E-state index in [1.807, 2.05) is 67.6 Å². The third kappa shape index (κ3) is 4.58. The first-order chi connectivity index (χ1) is 15.8. The lowest BCUT2D eigenvalue weighted by Gasteiger charge is -2.23. The summed E-state index contributed by atoms with van der Waals surface area (Å²) >= 11 is 0. The van der Waals surface area contributed by atoms with E-state index in [0.29, 0.717) is 27.4 Å². The van der Waals surface area contributed by atoms with Crippen LogP contribution in [0, 0.1) is 6.92 Å². The molecule has 4 aromatic rings. The van der Waals surface area contributed by atoms with Gasteiger partial charge in [-0.05, 0) is 37.3 Å². The number of hydrogen-bond acceptors (Lipinski definition) is 4. The topological polar surface area (TPSA) is 72.5 Å². The molecule has 7 heteroatoms. The molecule has 0 radical (unpaired) electrons. The minimum Gasteiger partial charge on any atom is -0.496 e. The van der Waals surface area contributed by atoms with Crippen molar-refractivity contribution in [3.8, 4) is 5.75 Å². The van der Waals surface area contributed by atoms with E-state index in [0.717, 1.165) is 5.56 Å². The summed E-state index contributed by atoms with van der Waals surface area (Å²) in [6.07, 6.45) is 0. The molecule has 0 fully saturated rings. The SMILES string of the molecule is COc1ccc(NS(=O)(=O)c2ccc(C)cc2)cc1P(=O)(c1ccccc1)c1ccccc1. The molecule has 0 aromatic heterocycles. The molecule has 168 valence electrons. The Balaban J connectivity index is 1.86. The van der Waals surface area contributed by atoms with Gasteiger partial charge >= 0.3 is 0 Å². The van der Waals surface area contributed by atoms with Crippen LogP contribution in [0.1, 0.15) is 5.56 Å². The fourth-order valence-corrected chi connectivity index (χ4v) is 7.52. The summed E-state index contributed by atoms with van der Waals surface area (Å²) in [5, 5.41) is 1.69. The highest BCUT2D eigenvalue weighted by atomic mass is 32.2. The zero-order valence-electron chi connectivity index (χ0n) is 18.3. The summed E-state index contributed by atoms with van der Waals surface area (Å²) in [5.41, 5.74) is 1.27. The van der Waals surface area contributed by atoms with E-state index >= 15 is 0 Å². The maximum absolute atomic E-state index is 14.8. The Labute approximate surface area is 194 Å². The normalized spacial score (nSPS) is 11.7. The van der Waals surface area contributed by atoms with Crippen LogP contribution in [0.25, 0.3) is 0 Å². The lowest BCUT2D eigenvalue weighted by molar-refractivity contribution is 0.418. The standard InChI is InChI=1S/C26H24NO4PS/c1-20-13-16-24(17-14-20)33(29,30)27-21-15-18-25(31-2)26(19-21)32(28,22-9-5-3-6-10-22)23-11-7-4-8-12-23/h3-19,27H,1-2H3. The molecular weight excluding hydrogens is 453 g/mol. The summed E-state index contributed by atoms with van der Waals surface area (Å²) in [4.78, 5) is 0.153. The van der Waals surface area contributed by atoms with E-state index in [-0.39, 0.29) is 4.90 Å². The third-order valence-corrected chi connectivity index (χ3v) is 9.82. The van der Waals surface area contributed by atoms with Gasteiger partial charge in [0.1, 0.15) is 5.75 Å². The van der Waals surface area contributed by atoms with Crippen molar-refractivity contribution in [1.82, 2.24) is 0 Å². The van der Waals surface area contributed by atoms with Crippen molar-refractivity contribution in [3.63, 3.8) is 0 Å². The molecule has 0 unspecified atom stereocenters. The average Bonchev–Trinajstić information content (AvgIpc) is 2.84. The van der Waals surface area contributed by atoms with Crippen LogP contribution < -0.4 is 25.4 Å². The highest BCUT2D eigenvalue weighted by Gasteiger charge is 2.33. The summed E-state index contributed by atoms with van der Waals surface area (Å²) < 4.78 is 48.9. The molecule has 0 atom stereocenters. The molecule has 4 rings (SSSR count). The molecule has 0 bridgehead atoms. The number of sulfonamides is 1. The second-order valence-electron chi connectivity index (χ2n) is 7.59. The van der Waals surface area contributed by atoms with Gasteiger partial charge in [-0.2, -0.15) is 0 Å². The smallest absolute Gasteiger partial charge is 0.261 e. The fourth-order valence-electron chi connectivity index (χ4n) is 3.63. The summed E-state index contributed by atoms with van der Waals surface area (Å²) in [6.45, 7) is 1.89. The lowest BCUT2D eigenvalue weighted by atomic mass is 10.2. The Kier molecular flexibility index (Phi) is 6.41. The third-order valence-electron chi connectivity index (χ3n) is 5.34. The fraction of sp³-hybridized carbons (Fsp3) is 0.0769. The van der Waals surface area contributed by atoms with Gasteiger partial charge in [0.2, 0.25) is 0 Å². The first kappa shape index (κ1) is 22.8. The van der Waals surface area contributed by atoms with Gasteiger partial charge in [-0.25, -0.2) is 8.42 Å². The van der Waals surface area contributed by atoms with E-state index in [9.17, 15) is 13.0 Å². The summed E-state index contributed by atoms with van der Waals surface area (Å²) in [5.74, 6) is 0.421. The first-order valence-electron chi connectivity index (χ1n) is 10.3. The van der Waals surface area contributed by atoms with Gasteiger partial charge < -0.3 is 9.30 Å². The van der Waals surface area contributed by atoms with Crippen molar-refractivity contribution in [1.29, 1.82) is 0 Å². The zero-order chi connectivity index (χ0) is 23.5. The van der Waals surface area contributed by atoms with Gasteiger partial charge in [-0.15, -0.1) is 0 Å². The molecule has 1 N–H and O–H groups in total. The van der Waals surface area contributed by atoms with Gasteiger partial charge in [-0.3, -0.25) is 4.72 Å². The van der Waals surface area contributed by atoms with E-state index in [4.69, 9.17) is 4.74 Å². The van der Waals surface area contributed by atoms with Crippen LogP contribution in [0.15, 0.2) is 108 Å². The lowest BCUT2D eigenvalue weighted by Crippen LogP contribution is -2.26. The molecule has 0 saturated carbocycles. The Morgan fingerprint density at radius 2 is 1.30 bits per heavy atom. The quantitative estimate of drug-likeness (QED) is 0.400. The van der Waals surface area contributed by atoms with Crippen LogP contribution in [-0.4, -0.2) is 15.5 Å². The zero-order valence-corrected chi connectivity index (χ0v) is 20.0. The van der Waals surface area contributed by atoms with Gasteiger partial charge in [0.15, 0.2) is 7.14 Å². The number of ether oxygens (including phenoxy) is 1. The number of nitrogens with one attached hydrogen (secondary N) is 1. The van der Waals surface area contributed by atoms with E-state index in [1.54, 1.807) is 42.5 Å².